The molecule has 4 nitrogen and oxygen atoms in total. The van der Waals surface area contributed by atoms with E-state index < -0.39 is 10.0 Å². The Morgan fingerprint density at radius 3 is 2.13 bits per heavy atom. The van der Waals surface area contributed by atoms with E-state index in [0.29, 0.717) is 6.54 Å². The summed E-state index contributed by atoms with van der Waals surface area (Å²) >= 11 is 2.27. The van der Waals surface area contributed by atoms with Crippen molar-refractivity contribution in [2.75, 3.05) is 19.0 Å². The van der Waals surface area contributed by atoms with E-state index in [1.165, 1.54) is 10.6 Å². The Morgan fingerprint density at radius 1 is 1.04 bits per heavy atom. The number of halogens is 1. The van der Waals surface area contributed by atoms with Crippen LogP contribution in [0.25, 0.3) is 0 Å². The first-order valence-electron chi connectivity index (χ1n) is 6.85. The zero-order chi connectivity index (χ0) is 17.0. The van der Waals surface area contributed by atoms with Gasteiger partial charge in [-0.1, -0.05) is 18.6 Å². The average molecular weight is 440 g/mol. The number of sulfonamides is 1. The predicted octanol–water partition coefficient (Wildman–Crippen LogP) is 3.14. The van der Waals surface area contributed by atoms with E-state index in [2.05, 4.69) is 57.8 Å². The number of nitrogens with zero attached hydrogens (tertiary/aromatic N) is 2. The molecule has 0 heterocycles. The van der Waals surface area contributed by atoms with Crippen LogP contribution in [0.4, 0.5) is 5.69 Å². The third kappa shape index (κ3) is 4.18. The fourth-order valence-electron chi connectivity index (χ4n) is 2.06. The van der Waals surface area contributed by atoms with Crippen LogP contribution in [-0.4, -0.2) is 26.8 Å². The Kier molecular flexibility index (Phi) is 5.55. The lowest BCUT2D eigenvalue weighted by Crippen LogP contribution is -2.22. The Labute approximate surface area is 151 Å². The van der Waals surface area contributed by atoms with Crippen molar-refractivity contribution in [3.63, 3.8) is 0 Å². The van der Waals surface area contributed by atoms with Crippen molar-refractivity contribution in [3.8, 4) is 12.5 Å². The molecule has 0 radical (unpaired) electrons. The van der Waals surface area contributed by atoms with E-state index in [0.717, 1.165) is 15.6 Å². The van der Waals surface area contributed by atoms with E-state index in [-0.39, 0.29) is 4.90 Å². The van der Waals surface area contributed by atoms with Crippen molar-refractivity contribution in [1.82, 2.24) is 4.31 Å². The molecule has 120 valence electrons. The van der Waals surface area contributed by atoms with Crippen LogP contribution in [0.1, 0.15) is 5.56 Å². The molecule has 0 spiro atoms. The number of hydrogen-bond donors (Lipinski definition) is 0. The molecule has 2 rings (SSSR count). The highest BCUT2D eigenvalue weighted by atomic mass is 127. The van der Waals surface area contributed by atoms with Crippen molar-refractivity contribution >= 4 is 38.3 Å². The van der Waals surface area contributed by atoms with Crippen molar-refractivity contribution < 1.29 is 8.42 Å². The van der Waals surface area contributed by atoms with Gasteiger partial charge in [-0.15, -0.1) is 0 Å². The Balaban J connectivity index is 2.14. The maximum Gasteiger partial charge on any atom is 0.270 e. The standard InChI is InChI=1S/C17H17IN2O2S/c1-4-20(3)23(21,22)17-11-5-14(6-12-17)13-19(2)16-9-7-15(18)8-10-16/h1,5-12H,13H2,2-3H3. The summed E-state index contributed by atoms with van der Waals surface area (Å²) in [5.41, 5.74) is 2.13. The van der Waals surface area contributed by atoms with E-state index in [4.69, 9.17) is 6.42 Å². The monoisotopic (exact) mass is 440 g/mol. The molecule has 0 bridgehead atoms. The lowest BCUT2D eigenvalue weighted by Gasteiger charge is -2.20. The number of benzene rings is 2. The van der Waals surface area contributed by atoms with Crippen LogP contribution in [0.3, 0.4) is 0 Å². The molecule has 0 fully saturated rings. The molecule has 6 heteroatoms. The minimum Gasteiger partial charge on any atom is -0.370 e. The van der Waals surface area contributed by atoms with E-state index in [9.17, 15) is 8.42 Å². The zero-order valence-electron chi connectivity index (χ0n) is 12.9. The molecular weight excluding hydrogens is 423 g/mol. The number of hydrogen-bond acceptors (Lipinski definition) is 3. The summed E-state index contributed by atoms with van der Waals surface area (Å²) in [5.74, 6) is 0. The van der Waals surface area contributed by atoms with Gasteiger partial charge in [-0.2, -0.15) is 0 Å². The molecule has 2 aromatic rings. The molecule has 23 heavy (non-hydrogen) atoms. The summed E-state index contributed by atoms with van der Waals surface area (Å²) < 4.78 is 26.3. The normalized spacial score (nSPS) is 10.9. The summed E-state index contributed by atoms with van der Waals surface area (Å²) in [6, 6.07) is 17.1. The summed E-state index contributed by atoms with van der Waals surface area (Å²) in [4.78, 5) is 2.30. The van der Waals surface area contributed by atoms with Gasteiger partial charge in [-0.25, -0.2) is 12.7 Å². The number of anilines is 1. The van der Waals surface area contributed by atoms with Gasteiger partial charge in [0.25, 0.3) is 10.0 Å². The second-order valence-electron chi connectivity index (χ2n) is 5.08. The van der Waals surface area contributed by atoms with Gasteiger partial charge in [0.1, 0.15) is 0 Å². The van der Waals surface area contributed by atoms with Crippen molar-refractivity contribution in [3.05, 3.63) is 57.7 Å². The van der Waals surface area contributed by atoms with Gasteiger partial charge in [0.15, 0.2) is 0 Å². The maximum atomic E-state index is 12.1. The third-order valence-corrected chi connectivity index (χ3v) is 5.86. The van der Waals surface area contributed by atoms with E-state index in [1.807, 2.05) is 7.05 Å². The van der Waals surface area contributed by atoms with Gasteiger partial charge in [-0.05, 0) is 64.6 Å². The van der Waals surface area contributed by atoms with Gasteiger partial charge < -0.3 is 4.90 Å². The number of terminal acetylenes is 1. The summed E-state index contributed by atoms with van der Waals surface area (Å²) in [7, 11) is -0.254. The fraction of sp³-hybridized carbons (Fsp3) is 0.176. The molecule has 0 aliphatic carbocycles. The quantitative estimate of drug-likeness (QED) is 0.408. The third-order valence-electron chi connectivity index (χ3n) is 3.45. The molecule has 0 aromatic heterocycles. The second-order valence-corrected chi connectivity index (χ2v) is 8.29. The van der Waals surface area contributed by atoms with Crippen LogP contribution < -0.4 is 4.90 Å². The highest BCUT2D eigenvalue weighted by molar-refractivity contribution is 14.1. The molecule has 0 saturated heterocycles. The highest BCUT2D eigenvalue weighted by Gasteiger charge is 2.18. The van der Waals surface area contributed by atoms with E-state index >= 15 is 0 Å². The Bertz CT molecular complexity index is 809. The van der Waals surface area contributed by atoms with Gasteiger partial charge >= 0.3 is 0 Å². The summed E-state index contributed by atoms with van der Waals surface area (Å²) in [5, 5.41) is 0. The van der Waals surface area contributed by atoms with Gasteiger partial charge in [0.05, 0.1) is 4.90 Å². The largest absolute Gasteiger partial charge is 0.370 e. The molecule has 0 atom stereocenters. The summed E-state index contributed by atoms with van der Waals surface area (Å²) in [6.45, 7) is 0.686. The number of rotatable bonds is 5. The lowest BCUT2D eigenvalue weighted by molar-refractivity contribution is 0.547. The zero-order valence-corrected chi connectivity index (χ0v) is 15.9. The van der Waals surface area contributed by atoms with Gasteiger partial charge in [-0.3, -0.25) is 0 Å². The predicted molar refractivity (Wildman–Crippen MR) is 101 cm³/mol. The van der Waals surface area contributed by atoms with Crippen molar-refractivity contribution in [2.24, 2.45) is 0 Å². The summed E-state index contributed by atoms with van der Waals surface area (Å²) in [6.07, 6.45) is 5.16. The van der Waals surface area contributed by atoms with Crippen LogP contribution >= 0.6 is 22.6 Å². The first-order chi connectivity index (χ1) is 10.8. The topological polar surface area (TPSA) is 40.6 Å². The van der Waals surface area contributed by atoms with Gasteiger partial charge in [0, 0.05) is 35.9 Å². The first-order valence-corrected chi connectivity index (χ1v) is 9.37. The first kappa shape index (κ1) is 17.6. The SMILES string of the molecule is C#CN(C)S(=O)(=O)c1ccc(CN(C)c2ccc(I)cc2)cc1. The second kappa shape index (κ2) is 7.23. The molecular formula is C17H17IN2O2S. The highest BCUT2D eigenvalue weighted by Crippen LogP contribution is 2.19. The van der Waals surface area contributed by atoms with Crippen LogP contribution in [-0.2, 0) is 16.6 Å². The molecule has 0 amide bonds. The van der Waals surface area contributed by atoms with Crippen molar-refractivity contribution in [1.29, 1.82) is 0 Å². The van der Waals surface area contributed by atoms with Crippen LogP contribution in [0.2, 0.25) is 0 Å². The molecule has 0 aliphatic heterocycles. The van der Waals surface area contributed by atoms with Crippen LogP contribution in [0.5, 0.6) is 0 Å². The molecule has 0 N–H and O–H groups in total. The molecule has 0 unspecified atom stereocenters. The fourth-order valence-corrected chi connectivity index (χ4v) is 3.35. The minimum absolute atomic E-state index is 0.193. The van der Waals surface area contributed by atoms with Crippen LogP contribution in [0.15, 0.2) is 53.4 Å². The lowest BCUT2D eigenvalue weighted by atomic mass is 10.2. The maximum absolute atomic E-state index is 12.1. The van der Waals surface area contributed by atoms with E-state index in [1.54, 1.807) is 24.3 Å². The Hall–Kier alpha value is -1.72. The van der Waals surface area contributed by atoms with Crippen LogP contribution in [0, 0.1) is 16.0 Å². The smallest absolute Gasteiger partial charge is 0.270 e. The average Bonchev–Trinajstić information content (AvgIpc) is 2.55. The molecule has 0 aliphatic rings. The van der Waals surface area contributed by atoms with Crippen molar-refractivity contribution in [2.45, 2.75) is 11.4 Å². The Morgan fingerprint density at radius 2 is 1.61 bits per heavy atom. The molecule has 2 aromatic carbocycles. The van der Waals surface area contributed by atoms with Gasteiger partial charge in [0.2, 0.25) is 0 Å². The molecule has 0 saturated carbocycles. The minimum atomic E-state index is -3.61.